The van der Waals surface area contributed by atoms with E-state index in [1.54, 1.807) is 0 Å². The molecule has 1 atom stereocenters. The summed E-state index contributed by atoms with van der Waals surface area (Å²) in [6.45, 7) is 2.21. The molecule has 0 amide bonds. The van der Waals surface area contributed by atoms with Gasteiger partial charge in [-0.3, -0.25) is 9.11 Å². The van der Waals surface area contributed by atoms with Gasteiger partial charge < -0.3 is 4.74 Å². The first kappa shape index (κ1) is 28.7. The Morgan fingerprint density at radius 3 is 1.48 bits per heavy atom. The molecule has 0 aromatic carbocycles. The van der Waals surface area contributed by atoms with Gasteiger partial charge in [-0.15, -0.1) is 0 Å². The van der Waals surface area contributed by atoms with E-state index in [2.05, 4.69) is 11.1 Å². The first-order valence-corrected chi connectivity index (χ1v) is 13.8. The highest BCUT2D eigenvalue weighted by Crippen LogP contribution is 2.13. The molecule has 0 radical (unpaired) electrons. The summed E-state index contributed by atoms with van der Waals surface area (Å²) in [5, 5.41) is 0. The van der Waals surface area contributed by atoms with Crippen LogP contribution >= 0.6 is 0 Å². The van der Waals surface area contributed by atoms with E-state index in [-0.39, 0.29) is 6.61 Å². The Kier molecular flexibility index (Phi) is 17.3. The SMILES string of the molecule is CCCCCCCCCCCCCCCCOCC(CS(=O)(=O)O)OS(=O)(=O)O. The molecule has 0 aromatic rings. The van der Waals surface area contributed by atoms with Crippen molar-refractivity contribution in [3.8, 4) is 0 Å². The minimum absolute atomic E-state index is 0.328. The Balaban J connectivity index is 3.54. The number of ether oxygens (including phenoxy) is 1. The Hall–Kier alpha value is -0.260. The van der Waals surface area contributed by atoms with Crippen molar-refractivity contribution >= 4 is 20.5 Å². The fourth-order valence-corrected chi connectivity index (χ4v) is 4.31. The molecule has 0 aromatic heterocycles. The van der Waals surface area contributed by atoms with Gasteiger partial charge in [0.05, 0.1) is 6.61 Å². The van der Waals surface area contributed by atoms with Crippen molar-refractivity contribution in [3.05, 3.63) is 0 Å². The number of unbranched alkanes of at least 4 members (excludes halogenated alkanes) is 13. The van der Waals surface area contributed by atoms with Crippen molar-refractivity contribution in [2.75, 3.05) is 19.0 Å². The van der Waals surface area contributed by atoms with Crippen LogP contribution in [0.1, 0.15) is 96.8 Å². The van der Waals surface area contributed by atoms with Crippen LogP contribution in [0.3, 0.4) is 0 Å². The maximum Gasteiger partial charge on any atom is 0.397 e. The summed E-state index contributed by atoms with van der Waals surface area (Å²) in [5.41, 5.74) is 0. The molecule has 0 fully saturated rings. The molecule has 176 valence electrons. The quantitative estimate of drug-likeness (QED) is 0.188. The summed E-state index contributed by atoms with van der Waals surface area (Å²) in [5.74, 6) is -0.967. The van der Waals surface area contributed by atoms with E-state index in [9.17, 15) is 16.8 Å². The molecule has 0 rings (SSSR count). The fourth-order valence-electron chi connectivity index (χ4n) is 3.12. The first-order chi connectivity index (χ1) is 13.6. The van der Waals surface area contributed by atoms with Crippen LogP contribution in [0.5, 0.6) is 0 Å². The summed E-state index contributed by atoms with van der Waals surface area (Å²) < 4.78 is 69.9. The van der Waals surface area contributed by atoms with Crippen LogP contribution in [0.2, 0.25) is 0 Å². The summed E-state index contributed by atoms with van der Waals surface area (Å²) in [6.07, 6.45) is 15.8. The number of hydrogen-bond donors (Lipinski definition) is 2. The molecule has 2 N–H and O–H groups in total. The third-order valence-electron chi connectivity index (χ3n) is 4.60. The highest BCUT2D eigenvalue weighted by atomic mass is 32.3. The molecule has 29 heavy (non-hydrogen) atoms. The van der Waals surface area contributed by atoms with Crippen LogP contribution in [0, 0.1) is 0 Å². The van der Waals surface area contributed by atoms with E-state index in [0.29, 0.717) is 6.61 Å². The van der Waals surface area contributed by atoms with E-state index in [4.69, 9.17) is 13.8 Å². The lowest BCUT2D eigenvalue weighted by molar-refractivity contribution is 0.0546. The highest BCUT2D eigenvalue weighted by Gasteiger charge is 2.23. The molecular weight excluding hydrogens is 420 g/mol. The molecule has 0 aliphatic rings. The van der Waals surface area contributed by atoms with E-state index < -0.39 is 32.4 Å². The molecular formula is C19H40O8S2. The minimum atomic E-state index is -4.82. The second-order valence-corrected chi connectivity index (χ2v) is 10.1. The van der Waals surface area contributed by atoms with Gasteiger partial charge in [-0.2, -0.15) is 16.8 Å². The van der Waals surface area contributed by atoms with Gasteiger partial charge >= 0.3 is 10.4 Å². The summed E-state index contributed by atoms with van der Waals surface area (Å²) in [6, 6.07) is 0. The average Bonchev–Trinajstić information content (AvgIpc) is 2.58. The molecule has 10 heteroatoms. The van der Waals surface area contributed by atoms with E-state index in [0.717, 1.165) is 19.3 Å². The third-order valence-corrected chi connectivity index (χ3v) is 5.91. The molecule has 8 nitrogen and oxygen atoms in total. The van der Waals surface area contributed by atoms with Crippen LogP contribution in [0.15, 0.2) is 0 Å². The third kappa shape index (κ3) is 23.9. The van der Waals surface area contributed by atoms with Crippen molar-refractivity contribution < 1.29 is 34.9 Å². The summed E-state index contributed by atoms with van der Waals surface area (Å²) >= 11 is 0. The van der Waals surface area contributed by atoms with Crippen LogP contribution in [-0.4, -0.2) is 51.0 Å². The van der Waals surface area contributed by atoms with Crippen molar-refractivity contribution in [2.24, 2.45) is 0 Å². The molecule has 0 saturated carbocycles. The lowest BCUT2D eigenvalue weighted by Crippen LogP contribution is -2.31. The molecule has 0 spiro atoms. The van der Waals surface area contributed by atoms with Crippen molar-refractivity contribution in [2.45, 2.75) is 103 Å². The predicted molar refractivity (Wildman–Crippen MR) is 114 cm³/mol. The first-order valence-electron chi connectivity index (χ1n) is 10.8. The average molecular weight is 461 g/mol. The Bertz CT molecular complexity index is 541. The zero-order valence-corrected chi connectivity index (χ0v) is 19.4. The summed E-state index contributed by atoms with van der Waals surface area (Å²) in [7, 11) is -9.27. The zero-order chi connectivity index (χ0) is 22.0. The minimum Gasteiger partial charge on any atom is -0.379 e. The smallest absolute Gasteiger partial charge is 0.379 e. The topological polar surface area (TPSA) is 127 Å². The normalized spacial score (nSPS) is 13.6. The lowest BCUT2D eigenvalue weighted by Gasteiger charge is -2.14. The van der Waals surface area contributed by atoms with E-state index >= 15 is 0 Å². The fraction of sp³-hybridized carbons (Fsp3) is 1.00. The molecule has 0 aliphatic carbocycles. The predicted octanol–water partition coefficient (Wildman–Crippen LogP) is 4.56. The second-order valence-electron chi connectivity index (χ2n) is 7.57. The number of hydrogen-bond acceptors (Lipinski definition) is 6. The van der Waals surface area contributed by atoms with Gasteiger partial charge in [-0.05, 0) is 6.42 Å². The summed E-state index contributed by atoms with van der Waals surface area (Å²) in [4.78, 5) is 0. The van der Waals surface area contributed by atoms with Gasteiger partial charge in [-0.25, -0.2) is 4.18 Å². The van der Waals surface area contributed by atoms with E-state index in [1.165, 1.54) is 70.6 Å². The standard InChI is InChI=1S/C19H40O8S2/c1-2-3-4-5-6-7-8-9-10-11-12-13-14-15-16-26-17-19(18-28(20,21)22)27-29(23,24)25/h19H,2-18H2,1H3,(H,20,21,22)(H,23,24,25). The van der Waals surface area contributed by atoms with Crippen LogP contribution in [-0.2, 0) is 29.4 Å². The van der Waals surface area contributed by atoms with Crippen LogP contribution in [0.25, 0.3) is 0 Å². The Morgan fingerprint density at radius 2 is 1.10 bits per heavy atom. The highest BCUT2D eigenvalue weighted by molar-refractivity contribution is 7.85. The molecule has 0 bridgehead atoms. The lowest BCUT2D eigenvalue weighted by atomic mass is 10.0. The van der Waals surface area contributed by atoms with Crippen molar-refractivity contribution in [3.63, 3.8) is 0 Å². The van der Waals surface area contributed by atoms with Crippen LogP contribution < -0.4 is 0 Å². The maximum absolute atomic E-state index is 10.8. The van der Waals surface area contributed by atoms with Gasteiger partial charge in [0.15, 0.2) is 0 Å². The molecule has 0 saturated heterocycles. The van der Waals surface area contributed by atoms with Gasteiger partial charge in [0.1, 0.15) is 11.9 Å². The Morgan fingerprint density at radius 1 is 0.690 bits per heavy atom. The molecule has 0 heterocycles. The zero-order valence-electron chi connectivity index (χ0n) is 17.8. The van der Waals surface area contributed by atoms with Crippen molar-refractivity contribution in [1.29, 1.82) is 0 Å². The van der Waals surface area contributed by atoms with Gasteiger partial charge in [0.2, 0.25) is 0 Å². The molecule has 1 unspecified atom stereocenters. The molecule has 0 aliphatic heterocycles. The largest absolute Gasteiger partial charge is 0.397 e. The van der Waals surface area contributed by atoms with E-state index in [1.807, 2.05) is 0 Å². The maximum atomic E-state index is 10.8. The Labute approximate surface area is 177 Å². The number of rotatable bonds is 21. The van der Waals surface area contributed by atoms with Crippen LogP contribution in [0.4, 0.5) is 0 Å². The van der Waals surface area contributed by atoms with Crippen molar-refractivity contribution in [1.82, 2.24) is 0 Å². The van der Waals surface area contributed by atoms with Gasteiger partial charge in [-0.1, -0.05) is 90.4 Å². The van der Waals surface area contributed by atoms with Gasteiger partial charge in [0.25, 0.3) is 10.1 Å². The van der Waals surface area contributed by atoms with Gasteiger partial charge in [0, 0.05) is 6.61 Å². The second kappa shape index (κ2) is 17.4. The monoisotopic (exact) mass is 460 g/mol.